The Bertz CT molecular complexity index is 786. The van der Waals surface area contributed by atoms with Gasteiger partial charge >= 0.3 is 5.97 Å². The van der Waals surface area contributed by atoms with Crippen molar-refractivity contribution in [3.05, 3.63) is 34.6 Å². The highest BCUT2D eigenvalue weighted by molar-refractivity contribution is 5.84. The molecule has 2 rings (SSSR count). The van der Waals surface area contributed by atoms with Crippen LogP contribution in [0.5, 0.6) is 0 Å². The molecule has 1 heterocycles. The molecule has 0 saturated heterocycles. The summed E-state index contributed by atoms with van der Waals surface area (Å²) >= 11 is 0. The van der Waals surface area contributed by atoms with Gasteiger partial charge in [-0.2, -0.15) is 4.68 Å². The van der Waals surface area contributed by atoms with Gasteiger partial charge in [0.25, 0.3) is 5.56 Å². The number of hydrogen-bond acceptors (Lipinski definition) is 5. The van der Waals surface area contributed by atoms with E-state index in [0.717, 1.165) is 4.68 Å². The van der Waals surface area contributed by atoms with E-state index in [1.807, 2.05) is 6.92 Å². The van der Waals surface area contributed by atoms with Gasteiger partial charge in [0.05, 0.1) is 5.39 Å². The van der Waals surface area contributed by atoms with Crippen molar-refractivity contribution in [3.63, 3.8) is 0 Å². The molecule has 2 N–H and O–H groups in total. The molecule has 0 aliphatic rings. The second-order valence-electron chi connectivity index (χ2n) is 5.30. The molecule has 1 aromatic heterocycles. The third kappa shape index (κ3) is 3.53. The van der Waals surface area contributed by atoms with E-state index in [1.54, 1.807) is 31.2 Å². The maximum atomic E-state index is 12.6. The molecular weight excluding hydrogens is 300 g/mol. The minimum Gasteiger partial charge on any atom is -0.480 e. The molecule has 0 aliphatic heterocycles. The van der Waals surface area contributed by atoms with Gasteiger partial charge in [0, 0.05) is 0 Å². The second-order valence-corrected chi connectivity index (χ2v) is 5.30. The van der Waals surface area contributed by atoms with Gasteiger partial charge in [-0.05, 0) is 18.1 Å². The monoisotopic (exact) mass is 318 g/mol. The van der Waals surface area contributed by atoms with Crippen molar-refractivity contribution in [2.24, 2.45) is 5.92 Å². The average Bonchev–Trinajstić information content (AvgIpc) is 2.55. The van der Waals surface area contributed by atoms with Crippen molar-refractivity contribution >= 4 is 22.8 Å². The molecule has 8 nitrogen and oxygen atoms in total. The molecule has 0 spiro atoms. The highest BCUT2D eigenvalue weighted by Gasteiger charge is 2.29. The number of rotatable bonds is 6. The third-order valence-electron chi connectivity index (χ3n) is 3.72. The first-order valence-corrected chi connectivity index (χ1v) is 7.29. The second kappa shape index (κ2) is 6.99. The lowest BCUT2D eigenvalue weighted by Gasteiger charge is -2.22. The number of hydrogen-bond donors (Lipinski definition) is 2. The van der Waals surface area contributed by atoms with E-state index in [4.69, 9.17) is 5.11 Å². The average molecular weight is 318 g/mol. The van der Waals surface area contributed by atoms with Crippen LogP contribution in [-0.2, 0) is 9.59 Å². The van der Waals surface area contributed by atoms with Crippen LogP contribution in [0.1, 0.15) is 26.3 Å². The Labute approximate surface area is 132 Å². The Hall–Kier alpha value is -2.77. The lowest BCUT2D eigenvalue weighted by molar-refractivity contribution is -0.138. The van der Waals surface area contributed by atoms with Gasteiger partial charge in [0.15, 0.2) is 0 Å². The summed E-state index contributed by atoms with van der Waals surface area (Å²) < 4.78 is 1.04. The first-order chi connectivity index (χ1) is 11.0. The number of nitrogens with one attached hydrogen (secondary N) is 1. The Morgan fingerprint density at radius 2 is 2.04 bits per heavy atom. The molecule has 0 bridgehead atoms. The highest BCUT2D eigenvalue weighted by Crippen LogP contribution is 2.19. The number of carboxylic acids is 1. The van der Waals surface area contributed by atoms with Gasteiger partial charge in [-0.1, -0.05) is 37.6 Å². The van der Waals surface area contributed by atoms with Crippen molar-refractivity contribution < 1.29 is 14.7 Å². The highest BCUT2D eigenvalue weighted by atomic mass is 16.4. The van der Waals surface area contributed by atoms with Gasteiger partial charge in [0.1, 0.15) is 18.1 Å². The van der Waals surface area contributed by atoms with Crippen LogP contribution >= 0.6 is 0 Å². The number of fused-ring (bicyclic) bond motifs is 1. The Kier molecular flexibility index (Phi) is 5.05. The number of carboxylic acid groups (broad SMARTS) is 1. The molecular formula is C15H18N4O4. The first kappa shape index (κ1) is 16.6. The summed E-state index contributed by atoms with van der Waals surface area (Å²) in [6.07, 6.45) is 0.617. The van der Waals surface area contributed by atoms with Crippen LogP contribution in [0, 0.1) is 5.92 Å². The number of benzene rings is 1. The number of carbonyl (C=O) groups excluding carboxylic acids is 1. The summed E-state index contributed by atoms with van der Waals surface area (Å²) in [7, 11) is 0. The largest absolute Gasteiger partial charge is 0.480 e. The van der Waals surface area contributed by atoms with Crippen molar-refractivity contribution in [1.29, 1.82) is 0 Å². The molecule has 2 atom stereocenters. The van der Waals surface area contributed by atoms with E-state index in [1.165, 1.54) is 0 Å². The minimum atomic E-state index is -1.15. The van der Waals surface area contributed by atoms with Gasteiger partial charge in [-0.25, -0.2) is 0 Å². The van der Waals surface area contributed by atoms with Gasteiger partial charge in [-0.3, -0.25) is 14.4 Å². The van der Waals surface area contributed by atoms with Gasteiger partial charge in [0.2, 0.25) is 5.91 Å². The number of carbonyl (C=O) groups is 2. The molecule has 1 amide bonds. The summed E-state index contributed by atoms with van der Waals surface area (Å²) in [6, 6.07) is 5.82. The van der Waals surface area contributed by atoms with E-state index < -0.39 is 30.0 Å². The van der Waals surface area contributed by atoms with E-state index in [0.29, 0.717) is 17.3 Å². The Balaban J connectivity index is 2.47. The normalized spacial score (nSPS) is 13.5. The summed E-state index contributed by atoms with van der Waals surface area (Å²) in [5, 5.41) is 19.2. The van der Waals surface area contributed by atoms with Crippen LogP contribution < -0.4 is 10.9 Å². The zero-order chi connectivity index (χ0) is 17.0. The van der Waals surface area contributed by atoms with E-state index >= 15 is 0 Å². The standard InChI is InChI=1S/C15H18N4O4/c1-3-9(2)13(14(22)16-8-12(20)21)19-15(23)10-6-4-5-7-11(10)17-18-19/h4-7,9,13H,3,8H2,1-2H3,(H,16,22)(H,20,21)/t9-,13+/m1/s1. The number of amides is 1. The van der Waals surface area contributed by atoms with Crippen LogP contribution in [0.25, 0.3) is 10.9 Å². The maximum absolute atomic E-state index is 12.6. The lowest BCUT2D eigenvalue weighted by atomic mass is 9.98. The summed E-state index contributed by atoms with van der Waals surface area (Å²) in [6.45, 7) is 3.16. The Morgan fingerprint density at radius 1 is 1.35 bits per heavy atom. The minimum absolute atomic E-state index is 0.211. The lowest BCUT2D eigenvalue weighted by Crippen LogP contribution is -2.43. The molecule has 23 heavy (non-hydrogen) atoms. The van der Waals surface area contributed by atoms with E-state index in [9.17, 15) is 14.4 Å². The van der Waals surface area contributed by atoms with Crippen molar-refractivity contribution in [2.75, 3.05) is 6.54 Å². The number of aliphatic carboxylic acids is 1. The van der Waals surface area contributed by atoms with Crippen LogP contribution in [0.2, 0.25) is 0 Å². The van der Waals surface area contributed by atoms with Crippen LogP contribution in [0.15, 0.2) is 29.1 Å². The topological polar surface area (TPSA) is 114 Å². The zero-order valence-electron chi connectivity index (χ0n) is 12.9. The molecule has 0 unspecified atom stereocenters. The summed E-state index contributed by atoms with van der Waals surface area (Å²) in [5.74, 6) is -1.93. The fourth-order valence-electron chi connectivity index (χ4n) is 2.29. The zero-order valence-corrected chi connectivity index (χ0v) is 12.9. The molecule has 1 aromatic carbocycles. The fraction of sp³-hybridized carbons (Fsp3) is 0.400. The molecule has 0 fully saturated rings. The molecule has 0 saturated carbocycles. The van der Waals surface area contributed by atoms with Crippen LogP contribution in [0.3, 0.4) is 0 Å². The summed E-state index contributed by atoms with van der Waals surface area (Å²) in [5.41, 5.74) is 0.0222. The molecule has 122 valence electrons. The van der Waals surface area contributed by atoms with Crippen molar-refractivity contribution in [3.8, 4) is 0 Å². The quantitative estimate of drug-likeness (QED) is 0.805. The molecule has 8 heteroatoms. The van der Waals surface area contributed by atoms with Crippen LogP contribution in [-0.4, -0.2) is 38.5 Å². The number of nitrogens with zero attached hydrogens (tertiary/aromatic N) is 3. The number of aromatic nitrogens is 3. The van der Waals surface area contributed by atoms with E-state index in [2.05, 4.69) is 15.6 Å². The van der Waals surface area contributed by atoms with Gasteiger partial charge < -0.3 is 10.4 Å². The van der Waals surface area contributed by atoms with Crippen molar-refractivity contribution in [2.45, 2.75) is 26.3 Å². The fourth-order valence-corrected chi connectivity index (χ4v) is 2.29. The SMILES string of the molecule is CC[C@@H](C)[C@@H](C(=O)NCC(=O)O)n1nnc2ccccc2c1=O. The molecule has 2 aromatic rings. The Morgan fingerprint density at radius 3 is 2.70 bits per heavy atom. The smallest absolute Gasteiger partial charge is 0.322 e. The van der Waals surface area contributed by atoms with E-state index in [-0.39, 0.29) is 5.92 Å². The van der Waals surface area contributed by atoms with Crippen molar-refractivity contribution in [1.82, 2.24) is 20.3 Å². The van der Waals surface area contributed by atoms with Crippen LogP contribution in [0.4, 0.5) is 0 Å². The maximum Gasteiger partial charge on any atom is 0.322 e. The predicted molar refractivity (Wildman–Crippen MR) is 82.9 cm³/mol. The molecule has 0 aliphatic carbocycles. The molecule has 0 radical (unpaired) electrons. The first-order valence-electron chi connectivity index (χ1n) is 7.29. The third-order valence-corrected chi connectivity index (χ3v) is 3.72. The van der Waals surface area contributed by atoms with Gasteiger partial charge in [-0.15, -0.1) is 5.10 Å². The summed E-state index contributed by atoms with van der Waals surface area (Å²) in [4.78, 5) is 35.6. The predicted octanol–water partition coefficient (Wildman–Crippen LogP) is 0.579.